The molecule has 0 radical (unpaired) electrons. The molecule has 1 aromatic rings. The van der Waals surface area contributed by atoms with Gasteiger partial charge in [-0.1, -0.05) is 33.8 Å². The molecule has 16 heavy (non-hydrogen) atoms. The highest BCUT2D eigenvalue weighted by atomic mass is 15.0. The predicted molar refractivity (Wildman–Crippen MR) is 75.2 cm³/mol. The topological polar surface area (TPSA) is 24.9 Å². The fourth-order valence-electron chi connectivity index (χ4n) is 1.59. The van der Waals surface area contributed by atoms with Gasteiger partial charge in [-0.15, -0.1) is 0 Å². The first-order valence-electron chi connectivity index (χ1n) is 6.57. The Balaban J connectivity index is 0. The van der Waals surface area contributed by atoms with E-state index < -0.39 is 0 Å². The zero-order valence-corrected chi connectivity index (χ0v) is 11.4. The summed E-state index contributed by atoms with van der Waals surface area (Å²) >= 11 is 0. The molecule has 0 aromatic carbocycles. The van der Waals surface area contributed by atoms with Crippen LogP contribution in [-0.4, -0.2) is 11.5 Å². The molecule has 0 bridgehead atoms. The van der Waals surface area contributed by atoms with Gasteiger partial charge in [0.1, 0.15) is 5.82 Å². The van der Waals surface area contributed by atoms with Crippen LogP contribution in [0.5, 0.6) is 0 Å². The van der Waals surface area contributed by atoms with Gasteiger partial charge in [0.25, 0.3) is 0 Å². The van der Waals surface area contributed by atoms with Gasteiger partial charge in [-0.05, 0) is 37.8 Å². The Hall–Kier alpha value is -1.05. The molecule has 1 aliphatic heterocycles. The lowest BCUT2D eigenvalue weighted by atomic mass is 10.1. The van der Waals surface area contributed by atoms with E-state index in [1.54, 1.807) is 0 Å². The Bertz CT molecular complexity index is 288. The molecule has 1 N–H and O–H groups in total. The third kappa shape index (κ3) is 4.65. The average Bonchev–Trinajstić information content (AvgIpc) is 2.59. The van der Waals surface area contributed by atoms with Gasteiger partial charge < -0.3 is 5.32 Å². The van der Waals surface area contributed by atoms with Gasteiger partial charge in [-0.3, -0.25) is 0 Å². The van der Waals surface area contributed by atoms with E-state index in [2.05, 4.69) is 22.4 Å². The van der Waals surface area contributed by atoms with E-state index in [0.717, 1.165) is 18.1 Å². The molecule has 0 fully saturated rings. The predicted octanol–water partition coefficient (Wildman–Crippen LogP) is 4.44. The maximum absolute atomic E-state index is 4.46. The molecule has 1 aromatic heterocycles. The Morgan fingerprint density at radius 3 is 2.50 bits per heavy atom. The summed E-state index contributed by atoms with van der Waals surface area (Å²) in [7, 11) is 0. The molecule has 94 valence electrons. The van der Waals surface area contributed by atoms with Crippen LogP contribution in [0.15, 0.2) is 12.1 Å². The van der Waals surface area contributed by atoms with Crippen molar-refractivity contribution in [3.05, 3.63) is 23.4 Å². The second kappa shape index (κ2) is 9.20. The lowest BCUT2D eigenvalue weighted by molar-refractivity contribution is 0.785. The van der Waals surface area contributed by atoms with E-state index in [1.165, 1.54) is 24.8 Å². The van der Waals surface area contributed by atoms with Crippen LogP contribution in [0.3, 0.4) is 0 Å². The van der Waals surface area contributed by atoms with Crippen LogP contribution in [0.1, 0.15) is 53.2 Å². The smallest absolute Gasteiger partial charge is 0.129 e. The van der Waals surface area contributed by atoms with Crippen molar-refractivity contribution in [2.45, 2.75) is 53.9 Å². The fourth-order valence-corrected chi connectivity index (χ4v) is 1.59. The highest BCUT2D eigenvalue weighted by molar-refractivity contribution is 5.45. The largest absolute Gasteiger partial charge is 0.370 e. The van der Waals surface area contributed by atoms with Gasteiger partial charge in [0.2, 0.25) is 0 Å². The Labute approximate surface area is 102 Å². The molecule has 0 aliphatic carbocycles. The summed E-state index contributed by atoms with van der Waals surface area (Å²) in [5.74, 6) is 1.10. The first-order valence-corrected chi connectivity index (χ1v) is 6.57. The van der Waals surface area contributed by atoms with E-state index in [-0.39, 0.29) is 1.43 Å². The third-order valence-electron chi connectivity index (χ3n) is 2.28. The summed E-state index contributed by atoms with van der Waals surface area (Å²) in [6.45, 7) is 11.1. The molecule has 0 unspecified atom stereocenters. The number of hydrogen-bond donors (Lipinski definition) is 1. The number of hydrogen-bond acceptors (Lipinski definition) is 2. The molecule has 2 heterocycles. The van der Waals surface area contributed by atoms with Crippen molar-refractivity contribution in [3.63, 3.8) is 0 Å². The molecule has 0 amide bonds. The molecule has 0 atom stereocenters. The summed E-state index contributed by atoms with van der Waals surface area (Å²) in [6, 6.07) is 4.28. The van der Waals surface area contributed by atoms with Gasteiger partial charge in [0.15, 0.2) is 0 Å². The number of pyridine rings is 1. The van der Waals surface area contributed by atoms with E-state index in [4.69, 9.17) is 0 Å². The Morgan fingerprint density at radius 2 is 1.81 bits per heavy atom. The van der Waals surface area contributed by atoms with Crippen molar-refractivity contribution in [1.82, 2.24) is 4.98 Å². The van der Waals surface area contributed by atoms with Crippen molar-refractivity contribution < 1.29 is 1.43 Å². The lowest BCUT2D eigenvalue weighted by Gasteiger charge is -2.06. The second-order valence-electron chi connectivity index (χ2n) is 3.34. The molecule has 2 heteroatoms. The normalized spacial score (nSPS) is 12.8. The maximum atomic E-state index is 4.46. The number of nitrogens with one attached hydrogen (secondary N) is 1. The molecular weight excluding hydrogens is 196 g/mol. The van der Waals surface area contributed by atoms with Crippen molar-refractivity contribution in [3.8, 4) is 0 Å². The summed E-state index contributed by atoms with van der Waals surface area (Å²) in [5.41, 5.74) is 2.47. The van der Waals surface area contributed by atoms with E-state index in [9.17, 15) is 0 Å². The van der Waals surface area contributed by atoms with Gasteiger partial charge in [-0.25, -0.2) is 4.98 Å². The number of nitrogens with zero attached hydrogens (tertiary/aromatic N) is 1. The van der Waals surface area contributed by atoms with Crippen molar-refractivity contribution in [2.75, 3.05) is 11.9 Å². The van der Waals surface area contributed by atoms with Crippen LogP contribution in [0.25, 0.3) is 0 Å². The SMILES string of the molecule is CC.CC.Cc1ccc2c(n1)NCCCC2.[HH]. The Morgan fingerprint density at radius 1 is 1.12 bits per heavy atom. The quantitative estimate of drug-likeness (QED) is 0.705. The Kier molecular flexibility index (Phi) is 8.59. The molecule has 1 aliphatic rings. The summed E-state index contributed by atoms with van der Waals surface area (Å²) in [5, 5.41) is 3.35. The minimum absolute atomic E-state index is 0. The van der Waals surface area contributed by atoms with Crippen LogP contribution in [-0.2, 0) is 6.42 Å². The second-order valence-corrected chi connectivity index (χ2v) is 3.34. The van der Waals surface area contributed by atoms with Gasteiger partial charge in [-0.2, -0.15) is 0 Å². The highest BCUT2D eigenvalue weighted by Gasteiger charge is 2.07. The van der Waals surface area contributed by atoms with E-state index >= 15 is 0 Å². The lowest BCUT2D eigenvalue weighted by Crippen LogP contribution is -2.02. The minimum Gasteiger partial charge on any atom is -0.370 e. The van der Waals surface area contributed by atoms with Gasteiger partial charge in [0, 0.05) is 13.7 Å². The zero-order valence-electron chi connectivity index (χ0n) is 11.4. The average molecular weight is 224 g/mol. The fraction of sp³-hybridized carbons (Fsp3) is 0.643. The monoisotopic (exact) mass is 224 g/mol. The summed E-state index contributed by atoms with van der Waals surface area (Å²) in [4.78, 5) is 4.46. The van der Waals surface area contributed by atoms with Crippen LogP contribution in [0, 0.1) is 6.92 Å². The first-order chi connectivity index (χ1) is 7.86. The number of aromatic nitrogens is 1. The molecule has 0 saturated carbocycles. The van der Waals surface area contributed by atoms with E-state index in [0.29, 0.717) is 0 Å². The molecule has 2 rings (SSSR count). The van der Waals surface area contributed by atoms with Crippen LogP contribution in [0.4, 0.5) is 5.82 Å². The van der Waals surface area contributed by atoms with Crippen LogP contribution in [0.2, 0.25) is 0 Å². The molecule has 0 saturated heterocycles. The maximum Gasteiger partial charge on any atom is 0.129 e. The van der Waals surface area contributed by atoms with Crippen molar-refractivity contribution >= 4 is 5.82 Å². The molecule has 0 spiro atoms. The highest BCUT2D eigenvalue weighted by Crippen LogP contribution is 2.18. The van der Waals surface area contributed by atoms with Gasteiger partial charge in [0.05, 0.1) is 0 Å². The third-order valence-corrected chi connectivity index (χ3v) is 2.28. The number of aryl methyl sites for hydroxylation is 2. The zero-order chi connectivity index (χ0) is 12.4. The molecular formula is C14H28N2. The minimum atomic E-state index is 0. The van der Waals surface area contributed by atoms with Crippen LogP contribution >= 0.6 is 0 Å². The van der Waals surface area contributed by atoms with Gasteiger partial charge >= 0.3 is 0 Å². The number of anilines is 1. The standard InChI is InChI=1S/C10H14N2.2C2H6.H2/c1-8-5-6-9-4-2-3-7-11-10(9)12-8;2*1-2;/h5-6H,2-4,7H2,1H3,(H,11,12);2*1-2H3;1H. The summed E-state index contributed by atoms with van der Waals surface area (Å²) in [6.07, 6.45) is 3.72. The first kappa shape index (κ1) is 14.9. The molecule has 2 nitrogen and oxygen atoms in total. The summed E-state index contributed by atoms with van der Waals surface area (Å²) < 4.78 is 0. The number of rotatable bonds is 0. The van der Waals surface area contributed by atoms with E-state index in [1.807, 2.05) is 34.6 Å². The van der Waals surface area contributed by atoms with Crippen molar-refractivity contribution in [2.24, 2.45) is 0 Å². The number of fused-ring (bicyclic) bond motifs is 1. The van der Waals surface area contributed by atoms with Crippen molar-refractivity contribution in [1.29, 1.82) is 0 Å². The van der Waals surface area contributed by atoms with Crippen LogP contribution < -0.4 is 5.32 Å².